The zero-order valence-corrected chi connectivity index (χ0v) is 13.8. The van der Waals surface area contributed by atoms with Crippen LogP contribution in [0.15, 0.2) is 42.5 Å². The van der Waals surface area contributed by atoms with Gasteiger partial charge in [0.2, 0.25) is 0 Å². The van der Waals surface area contributed by atoms with E-state index in [1.807, 2.05) is 6.07 Å². The number of nitrogens with two attached hydrogens (primary N) is 1. The van der Waals surface area contributed by atoms with Crippen molar-refractivity contribution in [3.63, 3.8) is 0 Å². The molecule has 0 amide bonds. The molecule has 3 rings (SSSR count). The second-order valence-corrected chi connectivity index (χ2v) is 5.86. The van der Waals surface area contributed by atoms with Crippen molar-refractivity contribution in [3.8, 4) is 11.5 Å². The molecule has 1 atom stereocenters. The fourth-order valence-electron chi connectivity index (χ4n) is 3.33. The predicted molar refractivity (Wildman–Crippen MR) is 93.6 cm³/mol. The number of ether oxygens (including phenoxy) is 2. The van der Waals surface area contributed by atoms with E-state index in [9.17, 15) is 0 Å². The molecule has 2 N–H and O–H groups in total. The molecule has 4 nitrogen and oxygen atoms in total. The zero-order valence-electron chi connectivity index (χ0n) is 13.8. The Morgan fingerprint density at radius 3 is 2.43 bits per heavy atom. The highest BCUT2D eigenvalue weighted by Gasteiger charge is 2.27. The van der Waals surface area contributed by atoms with Gasteiger partial charge >= 0.3 is 0 Å². The molecule has 1 heterocycles. The Kier molecular flexibility index (Phi) is 4.72. The first kappa shape index (κ1) is 15.7. The highest BCUT2D eigenvalue weighted by molar-refractivity contribution is 5.65. The SMILES string of the molecule is COc1cc2c(cc1OC)N([C@H](CN)Cc1ccccc1)CC2. The summed E-state index contributed by atoms with van der Waals surface area (Å²) in [4.78, 5) is 2.41. The van der Waals surface area contributed by atoms with E-state index in [1.54, 1.807) is 14.2 Å². The van der Waals surface area contributed by atoms with Gasteiger partial charge in [0.25, 0.3) is 0 Å². The molecule has 0 aromatic heterocycles. The summed E-state index contributed by atoms with van der Waals surface area (Å²) in [5, 5.41) is 0. The van der Waals surface area contributed by atoms with Gasteiger partial charge < -0.3 is 20.1 Å². The molecular formula is C19H24N2O2. The normalized spacial score (nSPS) is 14.5. The number of nitrogens with zero attached hydrogens (tertiary/aromatic N) is 1. The number of hydrogen-bond donors (Lipinski definition) is 1. The number of rotatable bonds is 6. The first-order valence-corrected chi connectivity index (χ1v) is 8.02. The molecule has 0 aliphatic carbocycles. The van der Waals surface area contributed by atoms with Crippen LogP contribution >= 0.6 is 0 Å². The Bertz CT molecular complexity index is 658. The molecule has 0 fully saturated rings. The summed E-state index contributed by atoms with van der Waals surface area (Å²) >= 11 is 0. The van der Waals surface area contributed by atoms with Gasteiger partial charge in [0.15, 0.2) is 11.5 Å². The van der Waals surface area contributed by atoms with Crippen molar-refractivity contribution in [2.75, 3.05) is 32.2 Å². The van der Waals surface area contributed by atoms with Crippen molar-refractivity contribution in [2.45, 2.75) is 18.9 Å². The van der Waals surface area contributed by atoms with Crippen molar-refractivity contribution < 1.29 is 9.47 Å². The van der Waals surface area contributed by atoms with Crippen LogP contribution in [0.1, 0.15) is 11.1 Å². The maximum atomic E-state index is 6.09. The second-order valence-electron chi connectivity index (χ2n) is 5.86. The van der Waals surface area contributed by atoms with Gasteiger partial charge in [-0.15, -0.1) is 0 Å². The maximum absolute atomic E-state index is 6.09. The van der Waals surface area contributed by atoms with Gasteiger partial charge in [0, 0.05) is 30.9 Å². The van der Waals surface area contributed by atoms with Crippen LogP contribution in [0.5, 0.6) is 11.5 Å². The molecule has 2 aromatic carbocycles. The molecule has 1 aliphatic rings. The minimum Gasteiger partial charge on any atom is -0.493 e. The number of hydrogen-bond acceptors (Lipinski definition) is 4. The minimum absolute atomic E-state index is 0.289. The second kappa shape index (κ2) is 6.92. The molecule has 0 saturated carbocycles. The lowest BCUT2D eigenvalue weighted by Gasteiger charge is -2.30. The van der Waals surface area contributed by atoms with E-state index in [4.69, 9.17) is 15.2 Å². The number of anilines is 1. The fourth-order valence-corrected chi connectivity index (χ4v) is 3.33. The van der Waals surface area contributed by atoms with Crippen molar-refractivity contribution in [1.29, 1.82) is 0 Å². The first-order chi connectivity index (χ1) is 11.3. The lowest BCUT2D eigenvalue weighted by atomic mass is 10.0. The topological polar surface area (TPSA) is 47.7 Å². The highest BCUT2D eigenvalue weighted by atomic mass is 16.5. The van der Waals surface area contributed by atoms with Gasteiger partial charge in [-0.3, -0.25) is 0 Å². The van der Waals surface area contributed by atoms with Gasteiger partial charge in [-0.05, 0) is 30.0 Å². The number of fused-ring (bicyclic) bond motifs is 1. The molecule has 122 valence electrons. The first-order valence-electron chi connectivity index (χ1n) is 8.02. The summed E-state index contributed by atoms with van der Waals surface area (Å²) < 4.78 is 10.9. The maximum Gasteiger partial charge on any atom is 0.162 e. The molecule has 1 aliphatic heterocycles. The third kappa shape index (κ3) is 3.13. The van der Waals surface area contributed by atoms with Gasteiger partial charge in [-0.2, -0.15) is 0 Å². The molecule has 23 heavy (non-hydrogen) atoms. The molecule has 0 bridgehead atoms. The van der Waals surface area contributed by atoms with Crippen molar-refractivity contribution in [1.82, 2.24) is 0 Å². The minimum atomic E-state index is 0.289. The van der Waals surface area contributed by atoms with E-state index in [0.29, 0.717) is 6.54 Å². The smallest absolute Gasteiger partial charge is 0.162 e. The van der Waals surface area contributed by atoms with E-state index in [1.165, 1.54) is 16.8 Å². The van der Waals surface area contributed by atoms with Crippen molar-refractivity contribution in [3.05, 3.63) is 53.6 Å². The van der Waals surface area contributed by atoms with E-state index in [0.717, 1.165) is 30.9 Å². The van der Waals surface area contributed by atoms with Crippen LogP contribution in [0, 0.1) is 0 Å². The Labute approximate surface area is 137 Å². The van der Waals surface area contributed by atoms with Crippen LogP contribution < -0.4 is 20.1 Å². The van der Waals surface area contributed by atoms with Gasteiger partial charge in [-0.25, -0.2) is 0 Å². The average Bonchev–Trinajstić information content (AvgIpc) is 3.01. The monoisotopic (exact) mass is 312 g/mol. The Hall–Kier alpha value is -2.20. The van der Waals surface area contributed by atoms with Crippen LogP contribution in [-0.4, -0.2) is 33.4 Å². The van der Waals surface area contributed by atoms with Crippen LogP contribution in [0.4, 0.5) is 5.69 Å². The van der Waals surface area contributed by atoms with Crippen LogP contribution in [0.25, 0.3) is 0 Å². The Balaban J connectivity index is 1.88. The quantitative estimate of drug-likeness (QED) is 0.891. The molecule has 0 saturated heterocycles. The van der Waals surface area contributed by atoms with E-state index >= 15 is 0 Å². The third-order valence-electron chi connectivity index (χ3n) is 4.54. The predicted octanol–water partition coefficient (Wildman–Crippen LogP) is 2.64. The zero-order chi connectivity index (χ0) is 16.2. The Morgan fingerprint density at radius 1 is 1.09 bits per heavy atom. The fraction of sp³-hybridized carbons (Fsp3) is 0.368. The Morgan fingerprint density at radius 2 is 1.78 bits per heavy atom. The lowest BCUT2D eigenvalue weighted by molar-refractivity contribution is 0.355. The van der Waals surface area contributed by atoms with Gasteiger partial charge in [0.05, 0.1) is 14.2 Å². The van der Waals surface area contributed by atoms with E-state index in [-0.39, 0.29) is 6.04 Å². The largest absolute Gasteiger partial charge is 0.493 e. The molecule has 0 radical (unpaired) electrons. The van der Waals surface area contributed by atoms with E-state index in [2.05, 4.69) is 41.3 Å². The molecular weight excluding hydrogens is 288 g/mol. The van der Waals surface area contributed by atoms with Gasteiger partial charge in [-0.1, -0.05) is 30.3 Å². The summed E-state index contributed by atoms with van der Waals surface area (Å²) in [7, 11) is 3.35. The van der Waals surface area contributed by atoms with Crippen molar-refractivity contribution >= 4 is 5.69 Å². The average molecular weight is 312 g/mol. The standard InChI is InChI=1S/C19H24N2O2/c1-22-18-11-15-8-9-21(17(15)12-19(18)23-2)16(13-20)10-14-6-4-3-5-7-14/h3-7,11-12,16H,8-10,13,20H2,1-2H3/t16-/m0/s1. The number of methoxy groups -OCH3 is 2. The summed E-state index contributed by atoms with van der Waals surface area (Å²) in [6, 6.07) is 15.0. The van der Waals surface area contributed by atoms with Crippen LogP contribution in [0.3, 0.4) is 0 Å². The molecule has 0 unspecified atom stereocenters. The van der Waals surface area contributed by atoms with Crippen LogP contribution in [0.2, 0.25) is 0 Å². The summed E-state index contributed by atoms with van der Waals surface area (Å²) in [5.41, 5.74) is 9.92. The lowest BCUT2D eigenvalue weighted by Crippen LogP contribution is -2.41. The molecule has 0 spiro atoms. The summed E-state index contributed by atoms with van der Waals surface area (Å²) in [6.45, 7) is 1.61. The van der Waals surface area contributed by atoms with Gasteiger partial charge in [0.1, 0.15) is 0 Å². The third-order valence-corrected chi connectivity index (χ3v) is 4.54. The number of benzene rings is 2. The van der Waals surface area contributed by atoms with Crippen molar-refractivity contribution in [2.24, 2.45) is 5.73 Å². The highest BCUT2D eigenvalue weighted by Crippen LogP contribution is 2.39. The molecule has 4 heteroatoms. The van der Waals surface area contributed by atoms with E-state index < -0.39 is 0 Å². The summed E-state index contributed by atoms with van der Waals surface area (Å²) in [5.74, 6) is 1.56. The van der Waals surface area contributed by atoms with Crippen LogP contribution in [-0.2, 0) is 12.8 Å². The summed E-state index contributed by atoms with van der Waals surface area (Å²) in [6.07, 6.45) is 1.96. The molecule has 2 aromatic rings.